The third kappa shape index (κ3) is 2.70. The van der Waals surface area contributed by atoms with Crippen LogP contribution in [0.3, 0.4) is 0 Å². The molecule has 88 valence electrons. The summed E-state index contributed by atoms with van der Waals surface area (Å²) in [4.78, 5) is 2.45. The summed E-state index contributed by atoms with van der Waals surface area (Å²) < 4.78 is 0. The third-order valence-corrected chi connectivity index (χ3v) is 3.89. The van der Waals surface area contributed by atoms with Gasteiger partial charge in [-0.05, 0) is 42.9 Å². The minimum absolute atomic E-state index is 0.821. The number of piperidine rings is 1. The van der Waals surface area contributed by atoms with E-state index in [0.717, 1.165) is 16.9 Å². The van der Waals surface area contributed by atoms with Gasteiger partial charge in [0, 0.05) is 23.8 Å². The number of hydrogen-bond acceptors (Lipinski definition) is 1. The zero-order chi connectivity index (χ0) is 11.5. The first-order valence-corrected chi connectivity index (χ1v) is 6.55. The van der Waals surface area contributed by atoms with Crippen molar-refractivity contribution in [1.82, 2.24) is 0 Å². The maximum absolute atomic E-state index is 6.02. The van der Waals surface area contributed by atoms with E-state index < -0.39 is 0 Å². The molecule has 1 saturated heterocycles. The molecule has 1 heterocycles. The van der Waals surface area contributed by atoms with Crippen LogP contribution in [0.4, 0.5) is 5.69 Å². The highest BCUT2D eigenvalue weighted by atomic mass is 35.5. The van der Waals surface area contributed by atoms with Crippen molar-refractivity contribution in [2.75, 3.05) is 18.0 Å². The summed E-state index contributed by atoms with van der Waals surface area (Å²) in [5.74, 6) is 1.72. The van der Waals surface area contributed by atoms with E-state index in [4.69, 9.17) is 11.6 Å². The van der Waals surface area contributed by atoms with Gasteiger partial charge >= 0.3 is 0 Å². The van der Waals surface area contributed by atoms with Crippen LogP contribution >= 0.6 is 11.6 Å². The highest BCUT2D eigenvalue weighted by Crippen LogP contribution is 2.28. The Labute approximate surface area is 103 Å². The molecule has 1 nitrogen and oxygen atoms in total. The maximum atomic E-state index is 6.02. The Bertz CT molecular complexity index is 340. The lowest BCUT2D eigenvalue weighted by molar-refractivity contribution is 0.311. The Morgan fingerprint density at radius 2 is 1.94 bits per heavy atom. The first-order valence-electron chi connectivity index (χ1n) is 6.17. The molecule has 0 N–H and O–H groups in total. The summed E-state index contributed by atoms with van der Waals surface area (Å²) in [7, 11) is 0. The van der Waals surface area contributed by atoms with Crippen LogP contribution in [0.1, 0.15) is 26.7 Å². The van der Waals surface area contributed by atoms with Crippen molar-refractivity contribution in [3.63, 3.8) is 0 Å². The molecule has 0 amide bonds. The van der Waals surface area contributed by atoms with Gasteiger partial charge in [-0.15, -0.1) is 0 Å². The molecular formula is C14H20ClN. The van der Waals surface area contributed by atoms with Crippen molar-refractivity contribution >= 4 is 17.3 Å². The summed E-state index contributed by atoms with van der Waals surface area (Å²) in [5.41, 5.74) is 1.27. The van der Waals surface area contributed by atoms with Gasteiger partial charge in [0.25, 0.3) is 0 Å². The maximum Gasteiger partial charge on any atom is 0.0426 e. The summed E-state index contributed by atoms with van der Waals surface area (Å²) in [6, 6.07) is 8.19. The van der Waals surface area contributed by atoms with Crippen molar-refractivity contribution in [2.45, 2.75) is 26.7 Å². The van der Waals surface area contributed by atoms with Crippen LogP contribution in [0, 0.1) is 11.8 Å². The molecule has 0 aromatic heterocycles. The van der Waals surface area contributed by atoms with E-state index in [2.05, 4.69) is 30.9 Å². The Kier molecular flexibility index (Phi) is 3.75. The molecule has 0 aliphatic carbocycles. The summed E-state index contributed by atoms with van der Waals surface area (Å²) in [5, 5.41) is 0.837. The number of halogens is 1. The molecule has 0 radical (unpaired) electrons. The van der Waals surface area contributed by atoms with Gasteiger partial charge in [-0.2, -0.15) is 0 Å². The summed E-state index contributed by atoms with van der Waals surface area (Å²) in [6.07, 6.45) is 2.62. The van der Waals surface area contributed by atoms with E-state index in [-0.39, 0.29) is 0 Å². The minimum Gasteiger partial charge on any atom is -0.371 e. The van der Waals surface area contributed by atoms with Crippen molar-refractivity contribution in [1.29, 1.82) is 0 Å². The fourth-order valence-corrected chi connectivity index (χ4v) is 2.68. The Balaban J connectivity index is 1.99. The van der Waals surface area contributed by atoms with Crippen LogP contribution in [0.2, 0.25) is 5.02 Å². The van der Waals surface area contributed by atoms with Gasteiger partial charge in [0.05, 0.1) is 0 Å². The average molecular weight is 238 g/mol. The predicted molar refractivity (Wildman–Crippen MR) is 71.2 cm³/mol. The van der Waals surface area contributed by atoms with Gasteiger partial charge in [0.2, 0.25) is 0 Å². The predicted octanol–water partition coefficient (Wildman–Crippen LogP) is 4.21. The highest BCUT2D eigenvalue weighted by molar-refractivity contribution is 6.30. The van der Waals surface area contributed by atoms with Gasteiger partial charge in [-0.25, -0.2) is 0 Å². The molecule has 1 aliphatic heterocycles. The molecule has 0 saturated carbocycles. The van der Waals surface area contributed by atoms with Crippen molar-refractivity contribution in [3.8, 4) is 0 Å². The normalized spacial score (nSPS) is 18.1. The van der Waals surface area contributed by atoms with E-state index >= 15 is 0 Å². The number of hydrogen-bond donors (Lipinski definition) is 0. The molecule has 1 aromatic carbocycles. The molecule has 1 fully saturated rings. The lowest BCUT2D eigenvalue weighted by Gasteiger charge is -2.35. The van der Waals surface area contributed by atoms with E-state index in [1.807, 2.05) is 12.1 Å². The van der Waals surface area contributed by atoms with Crippen LogP contribution in [-0.2, 0) is 0 Å². The molecule has 16 heavy (non-hydrogen) atoms. The van der Waals surface area contributed by atoms with Crippen molar-refractivity contribution in [3.05, 3.63) is 29.3 Å². The molecule has 0 atom stereocenters. The second-order valence-corrected chi connectivity index (χ2v) is 5.48. The Morgan fingerprint density at radius 1 is 1.25 bits per heavy atom. The van der Waals surface area contributed by atoms with Gasteiger partial charge in [-0.1, -0.05) is 31.5 Å². The zero-order valence-electron chi connectivity index (χ0n) is 10.1. The topological polar surface area (TPSA) is 3.24 Å². The quantitative estimate of drug-likeness (QED) is 0.745. The van der Waals surface area contributed by atoms with E-state index in [0.29, 0.717) is 0 Å². The first-order chi connectivity index (χ1) is 7.66. The SMILES string of the molecule is CC(C)C1CCN(c2cccc(Cl)c2)CC1. The molecule has 2 heteroatoms. The standard InChI is InChI=1S/C14H20ClN/c1-11(2)12-6-8-16(9-7-12)14-5-3-4-13(15)10-14/h3-5,10-12H,6-9H2,1-2H3. The largest absolute Gasteiger partial charge is 0.371 e. The van der Waals surface area contributed by atoms with Crippen LogP contribution in [0.25, 0.3) is 0 Å². The smallest absolute Gasteiger partial charge is 0.0426 e. The van der Waals surface area contributed by atoms with Crippen LogP contribution in [0.5, 0.6) is 0 Å². The minimum atomic E-state index is 0.821. The summed E-state index contributed by atoms with van der Waals surface area (Å²) >= 11 is 6.02. The fourth-order valence-electron chi connectivity index (χ4n) is 2.50. The number of nitrogens with zero attached hydrogens (tertiary/aromatic N) is 1. The van der Waals surface area contributed by atoms with Crippen LogP contribution in [0.15, 0.2) is 24.3 Å². The van der Waals surface area contributed by atoms with Gasteiger partial charge in [-0.3, -0.25) is 0 Å². The van der Waals surface area contributed by atoms with E-state index in [9.17, 15) is 0 Å². The summed E-state index contributed by atoms with van der Waals surface area (Å²) in [6.45, 7) is 7.01. The average Bonchev–Trinajstić information content (AvgIpc) is 2.29. The van der Waals surface area contributed by atoms with E-state index in [1.54, 1.807) is 0 Å². The highest BCUT2D eigenvalue weighted by Gasteiger charge is 2.21. The Morgan fingerprint density at radius 3 is 2.50 bits per heavy atom. The van der Waals surface area contributed by atoms with Crippen molar-refractivity contribution < 1.29 is 0 Å². The second kappa shape index (κ2) is 5.09. The molecule has 2 rings (SSSR count). The van der Waals surface area contributed by atoms with Gasteiger partial charge in [0.1, 0.15) is 0 Å². The molecule has 0 bridgehead atoms. The first kappa shape index (κ1) is 11.8. The zero-order valence-corrected chi connectivity index (χ0v) is 10.9. The molecule has 1 aliphatic rings. The lowest BCUT2D eigenvalue weighted by Crippen LogP contribution is -2.35. The van der Waals surface area contributed by atoms with Gasteiger partial charge in [0.15, 0.2) is 0 Å². The molecule has 0 spiro atoms. The van der Waals surface area contributed by atoms with Crippen molar-refractivity contribution in [2.24, 2.45) is 11.8 Å². The number of rotatable bonds is 2. The fraction of sp³-hybridized carbons (Fsp3) is 0.571. The number of anilines is 1. The number of benzene rings is 1. The van der Waals surface area contributed by atoms with Gasteiger partial charge < -0.3 is 4.90 Å². The van der Waals surface area contributed by atoms with E-state index in [1.165, 1.54) is 31.6 Å². The molecule has 0 unspecified atom stereocenters. The Hall–Kier alpha value is -0.690. The monoisotopic (exact) mass is 237 g/mol. The lowest BCUT2D eigenvalue weighted by atomic mass is 9.86. The molecule has 1 aromatic rings. The van der Waals surface area contributed by atoms with Crippen LogP contribution in [-0.4, -0.2) is 13.1 Å². The molecular weight excluding hydrogens is 218 g/mol. The third-order valence-electron chi connectivity index (χ3n) is 3.66. The van der Waals surface area contributed by atoms with Crippen LogP contribution < -0.4 is 4.90 Å². The second-order valence-electron chi connectivity index (χ2n) is 5.05.